The number of hydrogen-bond donors (Lipinski definition) is 2. The first-order valence-corrected chi connectivity index (χ1v) is 6.35. The van der Waals surface area contributed by atoms with Crippen LogP contribution in [0.4, 0.5) is 11.4 Å². The molecule has 1 rings (SSSR count). The molecule has 0 aliphatic heterocycles. The summed E-state index contributed by atoms with van der Waals surface area (Å²) in [4.78, 5) is 14.0. The van der Waals surface area contributed by atoms with Crippen molar-refractivity contribution in [3.63, 3.8) is 0 Å². The van der Waals surface area contributed by atoms with Gasteiger partial charge < -0.3 is 16.0 Å². The highest BCUT2D eigenvalue weighted by Crippen LogP contribution is 2.16. The fourth-order valence-electron chi connectivity index (χ4n) is 1.57. The molecule has 100 valence electrons. The van der Waals surface area contributed by atoms with Crippen molar-refractivity contribution in [3.05, 3.63) is 24.3 Å². The number of hydrogen-bond acceptors (Lipinski definition) is 3. The van der Waals surface area contributed by atoms with E-state index >= 15 is 0 Å². The smallest absolute Gasteiger partial charge is 0.224 e. The summed E-state index contributed by atoms with van der Waals surface area (Å²) in [6, 6.07) is 7.81. The predicted octanol–water partition coefficient (Wildman–Crippen LogP) is 2.33. The summed E-state index contributed by atoms with van der Waals surface area (Å²) in [5.74, 6) is 0.0186. The lowest BCUT2D eigenvalue weighted by Crippen LogP contribution is -2.28. The SMILES string of the molecule is CC(C)N(C)CCCC(=O)Nc1ccccc1N. The lowest BCUT2D eigenvalue weighted by molar-refractivity contribution is -0.116. The van der Waals surface area contributed by atoms with Gasteiger partial charge in [-0.15, -0.1) is 0 Å². The molecule has 1 aromatic rings. The first kappa shape index (κ1) is 14.5. The van der Waals surface area contributed by atoms with Crippen LogP contribution < -0.4 is 11.1 Å². The minimum atomic E-state index is 0.0186. The maximum Gasteiger partial charge on any atom is 0.224 e. The summed E-state index contributed by atoms with van der Waals surface area (Å²) in [6.45, 7) is 5.21. The van der Waals surface area contributed by atoms with Crippen LogP contribution in [0.1, 0.15) is 26.7 Å². The number of rotatable bonds is 6. The third kappa shape index (κ3) is 4.75. The molecule has 0 saturated heterocycles. The molecule has 0 bridgehead atoms. The second-order valence-electron chi connectivity index (χ2n) is 4.81. The van der Waals surface area contributed by atoms with Gasteiger partial charge in [-0.1, -0.05) is 12.1 Å². The predicted molar refractivity (Wildman–Crippen MR) is 76.5 cm³/mol. The van der Waals surface area contributed by atoms with Gasteiger partial charge in [0.05, 0.1) is 11.4 Å². The Morgan fingerprint density at radius 1 is 1.39 bits per heavy atom. The molecule has 0 heterocycles. The summed E-state index contributed by atoms with van der Waals surface area (Å²) < 4.78 is 0. The van der Waals surface area contributed by atoms with Crippen LogP contribution in [0, 0.1) is 0 Å². The van der Waals surface area contributed by atoms with Crippen LogP contribution in [0.25, 0.3) is 0 Å². The number of carbonyl (C=O) groups is 1. The lowest BCUT2D eigenvalue weighted by Gasteiger charge is -2.20. The summed E-state index contributed by atoms with van der Waals surface area (Å²) in [5, 5.41) is 2.83. The minimum Gasteiger partial charge on any atom is -0.397 e. The number of anilines is 2. The van der Waals surface area contributed by atoms with E-state index in [2.05, 4.69) is 31.1 Å². The zero-order valence-electron chi connectivity index (χ0n) is 11.4. The molecule has 3 N–H and O–H groups in total. The van der Waals surface area contributed by atoms with Crippen LogP contribution in [0.15, 0.2) is 24.3 Å². The monoisotopic (exact) mass is 249 g/mol. The Balaban J connectivity index is 2.33. The molecule has 0 spiro atoms. The molecular formula is C14H23N3O. The average Bonchev–Trinajstić information content (AvgIpc) is 2.32. The van der Waals surface area contributed by atoms with Crippen molar-refractivity contribution < 1.29 is 4.79 Å². The average molecular weight is 249 g/mol. The van der Waals surface area contributed by atoms with Gasteiger partial charge in [0.1, 0.15) is 0 Å². The van der Waals surface area contributed by atoms with Crippen LogP contribution in [-0.4, -0.2) is 30.4 Å². The first-order chi connectivity index (χ1) is 8.50. The van der Waals surface area contributed by atoms with Gasteiger partial charge in [0.25, 0.3) is 0 Å². The number of carbonyl (C=O) groups excluding carboxylic acids is 1. The number of benzene rings is 1. The van der Waals surface area contributed by atoms with Crippen molar-refractivity contribution in [1.82, 2.24) is 4.90 Å². The second-order valence-corrected chi connectivity index (χ2v) is 4.81. The van der Waals surface area contributed by atoms with Gasteiger partial charge >= 0.3 is 0 Å². The van der Waals surface area contributed by atoms with Crippen LogP contribution in [0.2, 0.25) is 0 Å². The Labute approximate surface area is 109 Å². The standard InChI is InChI=1S/C14H23N3O/c1-11(2)17(3)10-6-9-14(18)16-13-8-5-4-7-12(13)15/h4-5,7-8,11H,6,9-10,15H2,1-3H3,(H,16,18). The molecule has 0 fully saturated rings. The van der Waals surface area contributed by atoms with Crippen molar-refractivity contribution in [2.24, 2.45) is 0 Å². The first-order valence-electron chi connectivity index (χ1n) is 6.35. The van der Waals surface area contributed by atoms with Crippen molar-refractivity contribution in [2.75, 3.05) is 24.6 Å². The molecular weight excluding hydrogens is 226 g/mol. The van der Waals surface area contributed by atoms with Crippen molar-refractivity contribution in [2.45, 2.75) is 32.7 Å². The Bertz CT molecular complexity index is 390. The fourth-order valence-corrected chi connectivity index (χ4v) is 1.57. The normalized spacial score (nSPS) is 10.9. The highest BCUT2D eigenvalue weighted by Gasteiger charge is 2.07. The number of amides is 1. The molecule has 18 heavy (non-hydrogen) atoms. The topological polar surface area (TPSA) is 58.4 Å². The third-order valence-electron chi connectivity index (χ3n) is 3.03. The molecule has 1 aromatic carbocycles. The second kappa shape index (κ2) is 7.01. The van der Waals surface area contributed by atoms with E-state index in [1.165, 1.54) is 0 Å². The molecule has 0 radical (unpaired) electrons. The quantitative estimate of drug-likeness (QED) is 0.761. The Hall–Kier alpha value is -1.55. The zero-order valence-corrected chi connectivity index (χ0v) is 11.4. The molecule has 0 aliphatic carbocycles. The number of nitrogens with one attached hydrogen (secondary N) is 1. The van der Waals surface area contributed by atoms with Gasteiger partial charge in [-0.3, -0.25) is 4.79 Å². The van der Waals surface area contributed by atoms with E-state index in [1.807, 2.05) is 18.2 Å². The van der Waals surface area contributed by atoms with Crippen LogP contribution in [0.3, 0.4) is 0 Å². The van der Waals surface area contributed by atoms with Crippen molar-refractivity contribution >= 4 is 17.3 Å². The van der Waals surface area contributed by atoms with E-state index in [-0.39, 0.29) is 5.91 Å². The Morgan fingerprint density at radius 3 is 2.67 bits per heavy atom. The van der Waals surface area contributed by atoms with Gasteiger partial charge in [0.15, 0.2) is 0 Å². The highest BCUT2D eigenvalue weighted by molar-refractivity contribution is 5.93. The van der Waals surface area contributed by atoms with Crippen molar-refractivity contribution in [3.8, 4) is 0 Å². The molecule has 1 amide bonds. The van der Waals surface area contributed by atoms with Gasteiger partial charge in [-0.2, -0.15) is 0 Å². The fraction of sp³-hybridized carbons (Fsp3) is 0.500. The highest BCUT2D eigenvalue weighted by atomic mass is 16.1. The lowest BCUT2D eigenvalue weighted by atomic mass is 10.2. The molecule has 0 atom stereocenters. The van der Waals surface area contributed by atoms with Gasteiger partial charge in [0, 0.05) is 12.5 Å². The largest absolute Gasteiger partial charge is 0.397 e. The van der Waals surface area contributed by atoms with Crippen LogP contribution in [0.5, 0.6) is 0 Å². The van der Waals surface area contributed by atoms with Gasteiger partial charge in [-0.05, 0) is 46.0 Å². The Kier molecular flexibility index (Phi) is 5.65. The number of nitrogens with zero attached hydrogens (tertiary/aromatic N) is 1. The van der Waals surface area contributed by atoms with E-state index < -0.39 is 0 Å². The third-order valence-corrected chi connectivity index (χ3v) is 3.03. The summed E-state index contributed by atoms with van der Waals surface area (Å²) in [7, 11) is 2.07. The Morgan fingerprint density at radius 2 is 2.06 bits per heavy atom. The molecule has 0 unspecified atom stereocenters. The van der Waals surface area contributed by atoms with Crippen molar-refractivity contribution in [1.29, 1.82) is 0 Å². The number of para-hydroxylation sites is 2. The molecule has 4 nitrogen and oxygen atoms in total. The maximum atomic E-state index is 11.7. The van der Waals surface area contributed by atoms with Crippen LogP contribution in [-0.2, 0) is 4.79 Å². The summed E-state index contributed by atoms with van der Waals surface area (Å²) in [5.41, 5.74) is 7.06. The van der Waals surface area contributed by atoms with E-state index in [0.717, 1.165) is 13.0 Å². The molecule has 0 aliphatic rings. The van der Waals surface area contributed by atoms with Gasteiger partial charge in [0.2, 0.25) is 5.91 Å². The van der Waals surface area contributed by atoms with E-state index in [1.54, 1.807) is 6.07 Å². The zero-order chi connectivity index (χ0) is 13.5. The molecule has 0 aromatic heterocycles. The van der Waals surface area contributed by atoms with Crippen LogP contribution >= 0.6 is 0 Å². The maximum absolute atomic E-state index is 11.7. The van der Waals surface area contributed by atoms with E-state index in [4.69, 9.17) is 5.73 Å². The summed E-state index contributed by atoms with van der Waals surface area (Å²) in [6.07, 6.45) is 1.37. The number of nitrogens with two attached hydrogens (primary N) is 1. The molecule has 0 saturated carbocycles. The summed E-state index contributed by atoms with van der Waals surface area (Å²) >= 11 is 0. The number of nitrogen functional groups attached to an aromatic ring is 1. The molecule has 4 heteroatoms. The van der Waals surface area contributed by atoms with E-state index in [9.17, 15) is 4.79 Å². The van der Waals surface area contributed by atoms with E-state index in [0.29, 0.717) is 23.8 Å². The van der Waals surface area contributed by atoms with Gasteiger partial charge in [-0.25, -0.2) is 0 Å². The minimum absolute atomic E-state index is 0.0186.